The monoisotopic (exact) mass is 413 g/mol. The summed E-state index contributed by atoms with van der Waals surface area (Å²) in [6, 6.07) is 0. The summed E-state index contributed by atoms with van der Waals surface area (Å²) in [7, 11) is -3.22. The van der Waals surface area contributed by atoms with E-state index in [1.54, 1.807) is 11.8 Å². The second-order valence-electron chi connectivity index (χ2n) is 8.63. The first-order chi connectivity index (χ1) is 13.0. The fourth-order valence-electron chi connectivity index (χ4n) is 4.37. The second kappa shape index (κ2) is 9.39. The van der Waals surface area contributed by atoms with Crippen molar-refractivity contribution in [2.45, 2.75) is 40.5 Å². The number of carbonyl (C=O) groups is 2. The van der Waals surface area contributed by atoms with E-state index in [-0.39, 0.29) is 23.7 Å². The maximum Gasteiger partial charge on any atom is 0.223 e. The molecule has 7 nitrogen and oxygen atoms in total. The third kappa shape index (κ3) is 6.30. The number of nitrogens with zero attached hydrogens (tertiary/aromatic N) is 2. The van der Waals surface area contributed by atoms with Crippen molar-refractivity contribution in [1.82, 2.24) is 14.5 Å². The van der Waals surface area contributed by atoms with Gasteiger partial charge in [-0.1, -0.05) is 25.5 Å². The van der Waals surface area contributed by atoms with Gasteiger partial charge in [0.2, 0.25) is 21.8 Å². The lowest BCUT2D eigenvalue weighted by atomic mass is 9.70. The number of amides is 2. The van der Waals surface area contributed by atoms with E-state index in [1.165, 1.54) is 11.8 Å². The molecule has 0 unspecified atom stereocenters. The maximum atomic E-state index is 12.8. The molecule has 2 rings (SSSR count). The van der Waals surface area contributed by atoms with E-state index in [4.69, 9.17) is 0 Å². The summed E-state index contributed by atoms with van der Waals surface area (Å²) in [6.45, 7) is 10.8. The molecule has 0 bridgehead atoms. The Morgan fingerprint density at radius 2 is 1.75 bits per heavy atom. The number of nitrogens with one attached hydrogen (secondary N) is 1. The second-order valence-corrected chi connectivity index (χ2v) is 10.5. The first-order valence-corrected chi connectivity index (χ1v) is 12.0. The summed E-state index contributed by atoms with van der Waals surface area (Å²) in [5.74, 6) is 1.31. The molecule has 1 N–H and O–H groups in total. The predicted octanol–water partition coefficient (Wildman–Crippen LogP) is 1.47. The van der Waals surface area contributed by atoms with Crippen LogP contribution in [0.1, 0.15) is 40.5 Å². The molecule has 0 aromatic heterocycles. The van der Waals surface area contributed by atoms with E-state index < -0.39 is 10.0 Å². The molecular formula is C20H35N3O4S. The molecule has 0 aromatic rings. The van der Waals surface area contributed by atoms with E-state index in [2.05, 4.69) is 31.6 Å². The van der Waals surface area contributed by atoms with E-state index in [1.807, 2.05) is 4.90 Å². The zero-order valence-electron chi connectivity index (χ0n) is 17.8. The minimum atomic E-state index is -3.22. The Hall–Kier alpha value is -1.41. The van der Waals surface area contributed by atoms with Crippen molar-refractivity contribution in [2.75, 3.05) is 39.0 Å². The van der Waals surface area contributed by atoms with Gasteiger partial charge in [-0.3, -0.25) is 9.59 Å². The van der Waals surface area contributed by atoms with Crippen molar-refractivity contribution in [1.29, 1.82) is 0 Å². The summed E-state index contributed by atoms with van der Waals surface area (Å²) >= 11 is 0. The van der Waals surface area contributed by atoms with Gasteiger partial charge in [-0.15, -0.1) is 0 Å². The number of rotatable bonds is 6. The molecule has 0 spiro atoms. The molecule has 160 valence electrons. The number of hydrogen-bond donors (Lipinski definition) is 1. The molecule has 1 aliphatic carbocycles. The molecule has 8 heteroatoms. The largest absolute Gasteiger partial charge is 0.339 e. The number of piperazine rings is 1. The van der Waals surface area contributed by atoms with Crippen molar-refractivity contribution < 1.29 is 18.0 Å². The number of carbonyl (C=O) groups excluding carboxylic acids is 2. The molecule has 1 aliphatic heterocycles. The Labute approximate surface area is 169 Å². The summed E-state index contributed by atoms with van der Waals surface area (Å²) < 4.78 is 25.6. The first-order valence-electron chi connectivity index (χ1n) is 10.1. The van der Waals surface area contributed by atoms with Crippen LogP contribution in [0, 0.1) is 23.7 Å². The SMILES string of the molecule is CC(=O)N1CCN(C(=O)C[C@@H]2C[C@@H](C(C)C)[C@H](CNS(C)(=O)=O)C=C2C)CC1. The number of sulfonamides is 1. The molecule has 0 saturated carbocycles. The fraction of sp³-hybridized carbons (Fsp3) is 0.800. The minimum absolute atomic E-state index is 0.0617. The van der Waals surface area contributed by atoms with Crippen molar-refractivity contribution in [3.8, 4) is 0 Å². The predicted molar refractivity (Wildman–Crippen MR) is 110 cm³/mol. The molecule has 2 aliphatic rings. The molecule has 1 saturated heterocycles. The van der Waals surface area contributed by atoms with Crippen molar-refractivity contribution in [2.24, 2.45) is 23.7 Å². The van der Waals surface area contributed by atoms with Crippen molar-refractivity contribution >= 4 is 21.8 Å². The van der Waals surface area contributed by atoms with Crippen LogP contribution < -0.4 is 4.72 Å². The van der Waals surface area contributed by atoms with Gasteiger partial charge >= 0.3 is 0 Å². The molecule has 1 heterocycles. The topological polar surface area (TPSA) is 86.8 Å². The van der Waals surface area contributed by atoms with Gasteiger partial charge in [-0.05, 0) is 37.0 Å². The van der Waals surface area contributed by atoms with Gasteiger partial charge < -0.3 is 9.80 Å². The maximum absolute atomic E-state index is 12.8. The molecule has 0 aromatic carbocycles. The lowest BCUT2D eigenvalue weighted by molar-refractivity contribution is -0.139. The highest BCUT2D eigenvalue weighted by Crippen LogP contribution is 2.39. The van der Waals surface area contributed by atoms with Crippen molar-refractivity contribution in [3.63, 3.8) is 0 Å². The Kier molecular flexibility index (Phi) is 7.67. The third-order valence-corrected chi connectivity index (χ3v) is 6.85. The lowest BCUT2D eigenvalue weighted by Gasteiger charge is -2.39. The minimum Gasteiger partial charge on any atom is -0.339 e. The van der Waals surface area contributed by atoms with Crippen molar-refractivity contribution in [3.05, 3.63) is 11.6 Å². The fourth-order valence-corrected chi connectivity index (χ4v) is 4.86. The highest BCUT2D eigenvalue weighted by molar-refractivity contribution is 7.88. The summed E-state index contributed by atoms with van der Waals surface area (Å²) in [6.07, 6.45) is 4.73. The quantitative estimate of drug-likeness (QED) is 0.668. The van der Waals surface area contributed by atoms with Gasteiger partial charge in [0, 0.05) is 46.1 Å². The first kappa shape index (κ1) is 22.9. The van der Waals surface area contributed by atoms with Crippen LogP contribution in [0.2, 0.25) is 0 Å². The van der Waals surface area contributed by atoms with Crippen LogP contribution in [0.25, 0.3) is 0 Å². The Morgan fingerprint density at radius 3 is 2.25 bits per heavy atom. The highest BCUT2D eigenvalue weighted by atomic mass is 32.2. The van der Waals surface area contributed by atoms with Crippen LogP contribution in [0.4, 0.5) is 0 Å². The third-order valence-electron chi connectivity index (χ3n) is 6.16. The van der Waals surface area contributed by atoms with Gasteiger partial charge in [0.15, 0.2) is 0 Å². The van der Waals surface area contributed by atoms with E-state index in [0.717, 1.165) is 6.42 Å². The van der Waals surface area contributed by atoms with E-state index >= 15 is 0 Å². The Morgan fingerprint density at radius 1 is 1.18 bits per heavy atom. The van der Waals surface area contributed by atoms with E-state index in [9.17, 15) is 18.0 Å². The van der Waals surface area contributed by atoms with Crippen LogP contribution in [0.15, 0.2) is 11.6 Å². The van der Waals surface area contributed by atoms with Crippen LogP contribution >= 0.6 is 0 Å². The summed E-state index contributed by atoms with van der Waals surface area (Å²) in [5.41, 5.74) is 1.17. The average molecular weight is 414 g/mol. The molecular weight excluding hydrogens is 378 g/mol. The zero-order chi connectivity index (χ0) is 21.1. The van der Waals surface area contributed by atoms with Gasteiger partial charge in [0.05, 0.1) is 6.26 Å². The number of hydrogen-bond acceptors (Lipinski definition) is 4. The molecule has 0 radical (unpaired) electrons. The van der Waals surface area contributed by atoms with Gasteiger partial charge in [-0.25, -0.2) is 13.1 Å². The van der Waals surface area contributed by atoms with Gasteiger partial charge in [0.25, 0.3) is 0 Å². The normalized spacial score (nSPS) is 26.4. The summed E-state index contributed by atoms with van der Waals surface area (Å²) in [5, 5.41) is 0. The lowest BCUT2D eigenvalue weighted by Crippen LogP contribution is -2.50. The smallest absolute Gasteiger partial charge is 0.223 e. The zero-order valence-corrected chi connectivity index (χ0v) is 18.6. The van der Waals surface area contributed by atoms with Gasteiger partial charge in [0.1, 0.15) is 0 Å². The molecule has 3 atom stereocenters. The van der Waals surface area contributed by atoms with Gasteiger partial charge in [-0.2, -0.15) is 0 Å². The molecule has 1 fully saturated rings. The number of allylic oxidation sites excluding steroid dienone is 1. The van der Waals surface area contributed by atoms with Crippen LogP contribution in [0.3, 0.4) is 0 Å². The van der Waals surface area contributed by atoms with Crippen LogP contribution in [0.5, 0.6) is 0 Å². The molecule has 28 heavy (non-hydrogen) atoms. The highest BCUT2D eigenvalue weighted by Gasteiger charge is 2.34. The molecule has 2 amide bonds. The van der Waals surface area contributed by atoms with Crippen LogP contribution in [-0.2, 0) is 19.6 Å². The average Bonchev–Trinajstić information content (AvgIpc) is 2.60. The standard InChI is InChI=1S/C20H35N3O4S/c1-14(2)19-11-17(15(3)10-18(19)13-21-28(5,26)27)12-20(25)23-8-6-22(7-9-23)16(4)24/h10,14,17-19,21H,6-9,11-13H2,1-5H3/t17-,18-,19-/m0/s1. The Balaban J connectivity index is 2.00. The Bertz CT molecular complexity index is 709. The van der Waals surface area contributed by atoms with Crippen LogP contribution in [-0.4, -0.2) is 69.0 Å². The summed E-state index contributed by atoms with van der Waals surface area (Å²) in [4.78, 5) is 27.9. The van der Waals surface area contributed by atoms with E-state index in [0.29, 0.717) is 51.0 Å².